The summed E-state index contributed by atoms with van der Waals surface area (Å²) < 4.78 is 0. The minimum absolute atomic E-state index is 0.846. The first-order valence-electron chi connectivity index (χ1n) is 8.47. The Labute approximate surface area is 146 Å². The van der Waals surface area contributed by atoms with Gasteiger partial charge >= 0.3 is 0 Å². The number of rotatable bonds is 4. The predicted octanol–water partition coefficient (Wildman–Crippen LogP) is 3.32. The number of hydrogen-bond acceptors (Lipinski definition) is 5. The highest BCUT2D eigenvalue weighted by Crippen LogP contribution is 2.17. The van der Waals surface area contributed by atoms with Crippen molar-refractivity contribution >= 4 is 22.2 Å². The molecule has 4 nitrogen and oxygen atoms in total. The van der Waals surface area contributed by atoms with Gasteiger partial charge in [0.25, 0.3) is 0 Å². The van der Waals surface area contributed by atoms with Gasteiger partial charge in [-0.3, -0.25) is 9.80 Å². The van der Waals surface area contributed by atoms with E-state index < -0.39 is 0 Å². The number of para-hydroxylation sites is 1. The van der Waals surface area contributed by atoms with Crippen molar-refractivity contribution in [1.82, 2.24) is 19.8 Å². The fraction of sp³-hybridized carbons (Fsp3) is 0.368. The minimum atomic E-state index is 0.846. The van der Waals surface area contributed by atoms with Gasteiger partial charge in [-0.25, -0.2) is 9.97 Å². The first-order valence-corrected chi connectivity index (χ1v) is 9.35. The lowest BCUT2D eigenvalue weighted by Crippen LogP contribution is -2.45. The molecule has 124 valence electrons. The molecule has 1 saturated heterocycles. The molecule has 0 atom stereocenters. The van der Waals surface area contributed by atoms with E-state index in [0.717, 1.165) is 61.7 Å². The number of hydrogen-bond donors (Lipinski definition) is 0. The van der Waals surface area contributed by atoms with Crippen LogP contribution >= 0.6 is 11.3 Å². The van der Waals surface area contributed by atoms with Gasteiger partial charge in [-0.1, -0.05) is 24.3 Å². The number of aromatic nitrogens is 2. The van der Waals surface area contributed by atoms with Crippen LogP contribution in [0.2, 0.25) is 0 Å². The smallest absolute Gasteiger partial charge is 0.143 e. The van der Waals surface area contributed by atoms with Gasteiger partial charge in [0.05, 0.1) is 12.1 Å². The standard InChI is InChI=1S/C19H22N4S/c1-15-17-6-2-3-7-18(17)21-19(20-15)14-23-10-8-22(9-11-23)13-16-5-4-12-24-16/h2-7,12H,8-11,13-14H2,1H3. The Morgan fingerprint density at radius 2 is 1.67 bits per heavy atom. The number of nitrogens with zero attached hydrogens (tertiary/aromatic N) is 4. The first-order chi connectivity index (χ1) is 11.8. The summed E-state index contributed by atoms with van der Waals surface area (Å²) in [6.07, 6.45) is 0. The number of thiophene rings is 1. The minimum Gasteiger partial charge on any atom is -0.296 e. The van der Waals surface area contributed by atoms with Gasteiger partial charge in [0.15, 0.2) is 0 Å². The normalized spacial score (nSPS) is 16.7. The van der Waals surface area contributed by atoms with Crippen molar-refractivity contribution in [3.8, 4) is 0 Å². The molecule has 0 spiro atoms. The number of piperazine rings is 1. The molecule has 3 heterocycles. The fourth-order valence-corrected chi connectivity index (χ4v) is 4.04. The molecule has 0 saturated carbocycles. The number of benzene rings is 1. The third-order valence-electron chi connectivity index (χ3n) is 4.63. The summed E-state index contributed by atoms with van der Waals surface area (Å²) >= 11 is 1.85. The summed E-state index contributed by atoms with van der Waals surface area (Å²) in [7, 11) is 0. The second-order valence-corrected chi connectivity index (χ2v) is 7.41. The molecule has 4 rings (SSSR count). The van der Waals surface area contributed by atoms with Gasteiger partial charge in [0, 0.05) is 48.7 Å². The van der Waals surface area contributed by atoms with Gasteiger partial charge < -0.3 is 0 Å². The molecular weight excluding hydrogens is 316 g/mol. The molecule has 1 aliphatic rings. The van der Waals surface area contributed by atoms with Crippen molar-refractivity contribution in [1.29, 1.82) is 0 Å². The van der Waals surface area contributed by atoms with E-state index in [1.807, 2.05) is 23.5 Å². The predicted molar refractivity (Wildman–Crippen MR) is 99.1 cm³/mol. The Hall–Kier alpha value is -1.82. The van der Waals surface area contributed by atoms with Crippen molar-refractivity contribution in [2.24, 2.45) is 0 Å². The van der Waals surface area contributed by atoms with Crippen molar-refractivity contribution in [2.75, 3.05) is 26.2 Å². The summed E-state index contributed by atoms with van der Waals surface area (Å²) in [5.41, 5.74) is 2.13. The van der Waals surface area contributed by atoms with Crippen LogP contribution in [0.15, 0.2) is 41.8 Å². The van der Waals surface area contributed by atoms with Gasteiger partial charge in [-0.15, -0.1) is 11.3 Å². The van der Waals surface area contributed by atoms with Gasteiger partial charge in [0.2, 0.25) is 0 Å². The second kappa shape index (κ2) is 6.97. The molecule has 0 unspecified atom stereocenters. The lowest BCUT2D eigenvalue weighted by Gasteiger charge is -2.34. The molecule has 0 aliphatic carbocycles. The van der Waals surface area contributed by atoms with E-state index in [1.54, 1.807) is 0 Å². The number of aryl methyl sites for hydroxylation is 1. The molecule has 24 heavy (non-hydrogen) atoms. The van der Waals surface area contributed by atoms with Crippen LogP contribution in [-0.4, -0.2) is 45.9 Å². The monoisotopic (exact) mass is 338 g/mol. The van der Waals surface area contributed by atoms with Crippen molar-refractivity contribution in [2.45, 2.75) is 20.0 Å². The summed E-state index contributed by atoms with van der Waals surface area (Å²) in [5.74, 6) is 0.943. The Morgan fingerprint density at radius 3 is 2.42 bits per heavy atom. The van der Waals surface area contributed by atoms with Gasteiger partial charge in [0.1, 0.15) is 5.82 Å². The van der Waals surface area contributed by atoms with E-state index >= 15 is 0 Å². The first kappa shape index (κ1) is 15.7. The van der Waals surface area contributed by atoms with Crippen molar-refractivity contribution < 1.29 is 0 Å². The van der Waals surface area contributed by atoms with Gasteiger partial charge in [-0.05, 0) is 24.4 Å². The maximum Gasteiger partial charge on any atom is 0.143 e. The molecule has 0 bridgehead atoms. The summed E-state index contributed by atoms with van der Waals surface area (Å²) in [6.45, 7) is 8.40. The quantitative estimate of drug-likeness (QED) is 0.730. The average Bonchev–Trinajstić information content (AvgIpc) is 3.10. The van der Waals surface area contributed by atoms with E-state index in [2.05, 4.69) is 46.4 Å². The van der Waals surface area contributed by atoms with Crippen LogP contribution in [0.25, 0.3) is 10.9 Å². The van der Waals surface area contributed by atoms with E-state index in [0.29, 0.717) is 0 Å². The van der Waals surface area contributed by atoms with Crippen LogP contribution in [0.3, 0.4) is 0 Å². The maximum atomic E-state index is 4.75. The second-order valence-electron chi connectivity index (χ2n) is 6.37. The van der Waals surface area contributed by atoms with E-state index in [4.69, 9.17) is 9.97 Å². The molecule has 2 aromatic heterocycles. The highest BCUT2D eigenvalue weighted by Gasteiger charge is 2.18. The zero-order valence-electron chi connectivity index (χ0n) is 14.0. The Morgan fingerprint density at radius 1 is 0.917 bits per heavy atom. The van der Waals surface area contributed by atoms with Crippen LogP contribution in [0.5, 0.6) is 0 Å². The van der Waals surface area contributed by atoms with Crippen LogP contribution in [0.1, 0.15) is 16.4 Å². The molecule has 1 fully saturated rings. The van der Waals surface area contributed by atoms with E-state index in [-0.39, 0.29) is 0 Å². The van der Waals surface area contributed by atoms with Crippen LogP contribution in [0.4, 0.5) is 0 Å². The molecule has 0 radical (unpaired) electrons. The van der Waals surface area contributed by atoms with Crippen LogP contribution in [-0.2, 0) is 13.1 Å². The third kappa shape index (κ3) is 3.48. The lowest BCUT2D eigenvalue weighted by atomic mass is 10.2. The topological polar surface area (TPSA) is 32.3 Å². The molecule has 1 aliphatic heterocycles. The zero-order chi connectivity index (χ0) is 16.4. The average molecular weight is 338 g/mol. The molecule has 3 aromatic rings. The number of fused-ring (bicyclic) bond motifs is 1. The van der Waals surface area contributed by atoms with E-state index in [1.165, 1.54) is 4.88 Å². The molecule has 0 amide bonds. The highest BCUT2D eigenvalue weighted by atomic mass is 32.1. The van der Waals surface area contributed by atoms with Crippen LogP contribution < -0.4 is 0 Å². The largest absolute Gasteiger partial charge is 0.296 e. The van der Waals surface area contributed by atoms with Crippen molar-refractivity contribution in [3.05, 3.63) is 58.2 Å². The van der Waals surface area contributed by atoms with Crippen LogP contribution in [0, 0.1) is 6.92 Å². The fourth-order valence-electron chi connectivity index (χ4n) is 3.29. The molecular formula is C19H22N4S. The zero-order valence-corrected chi connectivity index (χ0v) is 14.8. The third-order valence-corrected chi connectivity index (χ3v) is 5.49. The van der Waals surface area contributed by atoms with E-state index in [9.17, 15) is 0 Å². The Bertz CT molecular complexity index is 807. The maximum absolute atomic E-state index is 4.75. The highest BCUT2D eigenvalue weighted by molar-refractivity contribution is 7.09. The SMILES string of the molecule is Cc1nc(CN2CCN(Cc3cccs3)CC2)nc2ccccc12. The Kier molecular flexibility index (Phi) is 4.56. The molecule has 5 heteroatoms. The van der Waals surface area contributed by atoms with Gasteiger partial charge in [-0.2, -0.15) is 0 Å². The Balaban J connectivity index is 1.38. The van der Waals surface area contributed by atoms with Crippen molar-refractivity contribution in [3.63, 3.8) is 0 Å². The summed E-state index contributed by atoms with van der Waals surface area (Å²) in [4.78, 5) is 15.9. The summed E-state index contributed by atoms with van der Waals surface area (Å²) in [5, 5.41) is 3.31. The summed E-state index contributed by atoms with van der Waals surface area (Å²) in [6, 6.07) is 12.6. The molecule has 0 N–H and O–H groups in total. The lowest BCUT2D eigenvalue weighted by molar-refractivity contribution is 0.120. The molecule has 1 aromatic carbocycles.